The number of rotatable bonds is 7. The fourth-order valence-electron chi connectivity index (χ4n) is 1.97. The summed E-state index contributed by atoms with van der Waals surface area (Å²) in [7, 11) is 1.73. The fourth-order valence-corrected chi connectivity index (χ4v) is 1.97. The third-order valence-electron chi connectivity index (χ3n) is 3.48. The Morgan fingerprint density at radius 1 is 1.50 bits per heavy atom. The van der Waals surface area contributed by atoms with E-state index in [2.05, 4.69) is 38.9 Å². The van der Waals surface area contributed by atoms with Gasteiger partial charge in [-0.15, -0.1) is 0 Å². The van der Waals surface area contributed by atoms with E-state index in [0.717, 1.165) is 25.0 Å². The maximum absolute atomic E-state index is 6.16. The number of methoxy groups -OCH3 is 1. The molecule has 0 bridgehead atoms. The second-order valence-corrected chi connectivity index (χ2v) is 5.68. The lowest BCUT2D eigenvalue weighted by Crippen LogP contribution is -2.35. The number of hydrogen-bond donors (Lipinski definition) is 1. The van der Waals surface area contributed by atoms with E-state index in [1.54, 1.807) is 7.11 Å². The van der Waals surface area contributed by atoms with Crippen molar-refractivity contribution in [3.63, 3.8) is 0 Å². The number of ether oxygens (including phenoxy) is 1. The Morgan fingerprint density at radius 2 is 2.17 bits per heavy atom. The van der Waals surface area contributed by atoms with Gasteiger partial charge < -0.3 is 10.5 Å². The van der Waals surface area contributed by atoms with Crippen molar-refractivity contribution < 1.29 is 4.74 Å². The minimum atomic E-state index is -0.168. The van der Waals surface area contributed by atoms with Crippen molar-refractivity contribution >= 4 is 0 Å². The molecule has 4 heteroatoms. The van der Waals surface area contributed by atoms with Crippen LogP contribution in [0.15, 0.2) is 12.3 Å². The maximum atomic E-state index is 6.16. The van der Waals surface area contributed by atoms with Crippen LogP contribution in [0.2, 0.25) is 0 Å². The molecular weight excluding hydrogens is 226 g/mol. The van der Waals surface area contributed by atoms with Crippen LogP contribution in [0.5, 0.6) is 0 Å². The van der Waals surface area contributed by atoms with Crippen molar-refractivity contribution in [2.45, 2.75) is 64.6 Å². The summed E-state index contributed by atoms with van der Waals surface area (Å²) >= 11 is 0. The first-order valence-electron chi connectivity index (χ1n) is 6.72. The Hall–Kier alpha value is -0.870. The molecule has 0 aromatic carbocycles. The molecule has 0 aliphatic rings. The van der Waals surface area contributed by atoms with Gasteiger partial charge in [0.15, 0.2) is 0 Å². The van der Waals surface area contributed by atoms with E-state index in [9.17, 15) is 0 Å². The topological polar surface area (TPSA) is 53.1 Å². The molecular formula is C14H27N3O. The van der Waals surface area contributed by atoms with Gasteiger partial charge in [-0.25, -0.2) is 0 Å². The zero-order chi connectivity index (χ0) is 13.8. The van der Waals surface area contributed by atoms with Crippen LogP contribution < -0.4 is 5.73 Å². The van der Waals surface area contributed by atoms with Gasteiger partial charge in [-0.05, 0) is 39.7 Å². The van der Waals surface area contributed by atoms with E-state index < -0.39 is 0 Å². The van der Waals surface area contributed by atoms with Gasteiger partial charge in [-0.1, -0.05) is 6.92 Å². The normalized spacial score (nSPS) is 15.7. The smallest absolute Gasteiger partial charge is 0.0640 e. The lowest BCUT2D eigenvalue weighted by atomic mass is 9.96. The first kappa shape index (κ1) is 15.2. The van der Waals surface area contributed by atoms with E-state index in [1.807, 2.05) is 10.9 Å². The Balaban J connectivity index is 2.54. The molecule has 1 rings (SSSR count). The number of nitrogens with two attached hydrogens (primary N) is 1. The van der Waals surface area contributed by atoms with Gasteiger partial charge in [0, 0.05) is 31.8 Å². The summed E-state index contributed by atoms with van der Waals surface area (Å²) in [6, 6.07) is 2.59. The Bertz CT molecular complexity index is 360. The van der Waals surface area contributed by atoms with Crippen LogP contribution in [0, 0.1) is 0 Å². The van der Waals surface area contributed by atoms with Crippen LogP contribution in [0.25, 0.3) is 0 Å². The summed E-state index contributed by atoms with van der Waals surface area (Å²) in [5, 5.41) is 4.57. The molecule has 0 radical (unpaired) electrons. The van der Waals surface area contributed by atoms with E-state index in [0.29, 0.717) is 6.04 Å². The molecule has 4 nitrogen and oxygen atoms in total. The molecule has 0 amide bonds. The van der Waals surface area contributed by atoms with Gasteiger partial charge in [0.05, 0.1) is 11.3 Å². The Morgan fingerprint density at radius 3 is 2.72 bits per heavy atom. The molecule has 2 N–H and O–H groups in total. The molecule has 0 saturated heterocycles. The summed E-state index contributed by atoms with van der Waals surface area (Å²) in [6.07, 6.45) is 4.76. The van der Waals surface area contributed by atoms with Crippen molar-refractivity contribution in [1.29, 1.82) is 0 Å². The van der Waals surface area contributed by atoms with Crippen LogP contribution >= 0.6 is 0 Å². The zero-order valence-corrected chi connectivity index (χ0v) is 12.3. The minimum absolute atomic E-state index is 0.0835. The van der Waals surface area contributed by atoms with Crippen molar-refractivity contribution in [3.05, 3.63) is 18.0 Å². The van der Waals surface area contributed by atoms with E-state index in [4.69, 9.17) is 10.5 Å². The molecule has 104 valence electrons. The standard InChI is InChI=1S/C14H27N3O/c1-6-11(2)17-8-7-13(16-17)9-12(15)10-14(3,4)18-5/h7-8,11-12H,6,9-10,15H2,1-5H3. The third-order valence-corrected chi connectivity index (χ3v) is 3.48. The van der Waals surface area contributed by atoms with Crippen LogP contribution in [0.4, 0.5) is 0 Å². The Labute approximate surface area is 111 Å². The van der Waals surface area contributed by atoms with E-state index in [1.165, 1.54) is 0 Å². The molecule has 1 heterocycles. The maximum Gasteiger partial charge on any atom is 0.0640 e. The van der Waals surface area contributed by atoms with Crippen molar-refractivity contribution in [3.8, 4) is 0 Å². The predicted molar refractivity (Wildman–Crippen MR) is 74.6 cm³/mol. The van der Waals surface area contributed by atoms with Crippen LogP contribution in [-0.2, 0) is 11.2 Å². The number of nitrogens with zero attached hydrogens (tertiary/aromatic N) is 2. The highest BCUT2D eigenvalue weighted by molar-refractivity contribution is 5.02. The van der Waals surface area contributed by atoms with Gasteiger partial charge >= 0.3 is 0 Å². The van der Waals surface area contributed by atoms with Gasteiger partial charge in [-0.2, -0.15) is 5.10 Å². The van der Waals surface area contributed by atoms with E-state index >= 15 is 0 Å². The minimum Gasteiger partial charge on any atom is -0.379 e. The lowest BCUT2D eigenvalue weighted by molar-refractivity contribution is 0.0101. The SMILES string of the molecule is CCC(C)n1ccc(CC(N)CC(C)(C)OC)n1. The van der Waals surface area contributed by atoms with E-state index in [-0.39, 0.29) is 11.6 Å². The zero-order valence-electron chi connectivity index (χ0n) is 12.3. The average Bonchev–Trinajstić information content (AvgIpc) is 2.75. The van der Waals surface area contributed by atoms with Crippen molar-refractivity contribution in [2.75, 3.05) is 7.11 Å². The summed E-state index contributed by atoms with van der Waals surface area (Å²) in [5.41, 5.74) is 7.05. The van der Waals surface area contributed by atoms with Gasteiger partial charge in [0.2, 0.25) is 0 Å². The molecule has 2 atom stereocenters. The first-order chi connectivity index (χ1) is 8.38. The number of hydrogen-bond acceptors (Lipinski definition) is 3. The molecule has 0 fully saturated rings. The highest BCUT2D eigenvalue weighted by Gasteiger charge is 2.21. The lowest BCUT2D eigenvalue weighted by Gasteiger charge is -2.26. The molecule has 2 unspecified atom stereocenters. The molecule has 1 aromatic heterocycles. The Kier molecular flexibility index (Phi) is 5.35. The summed E-state index contributed by atoms with van der Waals surface area (Å²) in [6.45, 7) is 8.46. The van der Waals surface area contributed by atoms with Crippen LogP contribution in [0.1, 0.15) is 52.3 Å². The van der Waals surface area contributed by atoms with Crippen LogP contribution in [-0.4, -0.2) is 28.5 Å². The monoisotopic (exact) mass is 253 g/mol. The summed E-state index contributed by atoms with van der Waals surface area (Å²) < 4.78 is 7.42. The van der Waals surface area contributed by atoms with Crippen LogP contribution in [0.3, 0.4) is 0 Å². The van der Waals surface area contributed by atoms with Crippen molar-refractivity contribution in [1.82, 2.24) is 9.78 Å². The third kappa shape index (κ3) is 4.42. The average molecular weight is 253 g/mol. The summed E-state index contributed by atoms with van der Waals surface area (Å²) in [5.74, 6) is 0. The second kappa shape index (κ2) is 6.34. The summed E-state index contributed by atoms with van der Waals surface area (Å²) in [4.78, 5) is 0. The molecule has 0 spiro atoms. The molecule has 1 aromatic rings. The molecule has 0 aliphatic carbocycles. The van der Waals surface area contributed by atoms with Gasteiger partial charge in [0.1, 0.15) is 0 Å². The van der Waals surface area contributed by atoms with Gasteiger partial charge in [0.25, 0.3) is 0 Å². The second-order valence-electron chi connectivity index (χ2n) is 5.68. The largest absolute Gasteiger partial charge is 0.379 e. The number of aromatic nitrogens is 2. The quantitative estimate of drug-likeness (QED) is 0.812. The highest BCUT2D eigenvalue weighted by atomic mass is 16.5. The first-order valence-corrected chi connectivity index (χ1v) is 6.72. The molecule has 18 heavy (non-hydrogen) atoms. The van der Waals surface area contributed by atoms with Gasteiger partial charge in [-0.3, -0.25) is 4.68 Å². The molecule has 0 saturated carbocycles. The highest BCUT2D eigenvalue weighted by Crippen LogP contribution is 2.17. The molecule has 0 aliphatic heterocycles. The fraction of sp³-hybridized carbons (Fsp3) is 0.786. The predicted octanol–water partition coefficient (Wildman–Crippen LogP) is 2.54. The van der Waals surface area contributed by atoms with Crippen molar-refractivity contribution in [2.24, 2.45) is 5.73 Å².